The molecule has 22 heteroatoms. The predicted molar refractivity (Wildman–Crippen MR) is 157 cm³/mol. The van der Waals surface area contributed by atoms with Gasteiger partial charge in [-0.3, -0.25) is 19.9 Å². The first-order valence-corrected chi connectivity index (χ1v) is 14.6. The molecule has 1 saturated heterocycles. The van der Waals surface area contributed by atoms with Crippen molar-refractivity contribution in [3.8, 4) is 0 Å². The number of nitrogen functional groups attached to an aromatic ring is 2. The lowest BCUT2D eigenvalue weighted by molar-refractivity contribution is -0.765. The summed E-state index contributed by atoms with van der Waals surface area (Å²) in [6, 6.07) is -1.14. The van der Waals surface area contributed by atoms with Gasteiger partial charge in [-0.2, -0.15) is 9.36 Å². The van der Waals surface area contributed by atoms with Crippen LogP contribution >= 0.6 is 23.3 Å². The van der Waals surface area contributed by atoms with Gasteiger partial charge >= 0.3 is 11.9 Å². The Kier molecular flexibility index (Phi) is 9.54. The van der Waals surface area contributed by atoms with Gasteiger partial charge in [0.1, 0.15) is 17.1 Å². The molecule has 20 nitrogen and oxygen atoms in total. The summed E-state index contributed by atoms with van der Waals surface area (Å²) < 4.78 is 7.09. The van der Waals surface area contributed by atoms with E-state index in [1.807, 2.05) is 0 Å². The number of amides is 2. The minimum absolute atomic E-state index is 0.00534. The fourth-order valence-corrected chi connectivity index (χ4v) is 6.22. The second kappa shape index (κ2) is 13.1. The van der Waals surface area contributed by atoms with Crippen LogP contribution in [0, 0.1) is 5.41 Å². The van der Waals surface area contributed by atoms with E-state index in [4.69, 9.17) is 33.5 Å². The van der Waals surface area contributed by atoms with E-state index in [-0.39, 0.29) is 40.7 Å². The molecule has 2 amide bonds. The minimum atomic E-state index is -1.35. The van der Waals surface area contributed by atoms with E-state index in [0.29, 0.717) is 30.8 Å². The Hall–Kier alpha value is -4.96. The molecule has 2 aromatic heterocycles. The lowest BCUT2D eigenvalue weighted by Gasteiger charge is -2.49. The topological polar surface area (TPSA) is 311 Å². The quantitative estimate of drug-likeness (QED) is 0.0344. The lowest BCUT2D eigenvalue weighted by atomic mass is 10.0. The monoisotopic (exact) mass is 652 g/mol. The summed E-state index contributed by atoms with van der Waals surface area (Å²) in [5.41, 5.74) is 23.3. The SMILES string of the molecule is Cn1c(N)c(N(CCCN)C(=N)N)c[n+]1CC1=C(C(=O)O)N2C(=O)[C@@H](NC(=O)C(=NOCC(=O)O)c3nsc(N)n3)[C@H]2SC1. The molecule has 0 aromatic carbocycles. The third-order valence-electron chi connectivity index (χ3n) is 6.54. The average Bonchev–Trinajstić information content (AvgIpc) is 3.51. The number of anilines is 3. The van der Waals surface area contributed by atoms with Gasteiger partial charge < -0.3 is 48.2 Å². The molecule has 4 heterocycles. The van der Waals surface area contributed by atoms with Crippen LogP contribution in [0.4, 0.5) is 16.6 Å². The highest BCUT2D eigenvalue weighted by molar-refractivity contribution is 8.00. The molecule has 12 N–H and O–H groups in total. The first-order valence-electron chi connectivity index (χ1n) is 12.7. The number of aromatic nitrogens is 4. The van der Waals surface area contributed by atoms with Crippen LogP contribution in [-0.2, 0) is 37.6 Å². The number of carbonyl (C=O) groups excluding carboxylic acids is 2. The summed E-state index contributed by atoms with van der Waals surface area (Å²) in [5.74, 6) is -4.35. The number of nitrogens with two attached hydrogens (primary N) is 4. The van der Waals surface area contributed by atoms with Crippen LogP contribution in [0.2, 0.25) is 0 Å². The van der Waals surface area contributed by atoms with Crippen molar-refractivity contribution in [2.45, 2.75) is 24.4 Å². The van der Waals surface area contributed by atoms with Crippen molar-refractivity contribution in [3.05, 3.63) is 23.3 Å². The highest BCUT2D eigenvalue weighted by Crippen LogP contribution is 2.40. The van der Waals surface area contributed by atoms with Gasteiger partial charge in [0.25, 0.3) is 11.8 Å². The van der Waals surface area contributed by atoms with Gasteiger partial charge in [-0.05, 0) is 13.0 Å². The molecular formula is C22H30N13O7S2+. The number of hydrogen-bond acceptors (Lipinski definition) is 14. The number of carbonyl (C=O) groups is 4. The van der Waals surface area contributed by atoms with E-state index in [0.717, 1.165) is 16.4 Å². The Morgan fingerprint density at radius 1 is 1.34 bits per heavy atom. The summed E-state index contributed by atoms with van der Waals surface area (Å²) in [4.78, 5) is 60.6. The summed E-state index contributed by atoms with van der Waals surface area (Å²) in [6.45, 7) is -0.0917. The largest absolute Gasteiger partial charge is 0.479 e. The highest BCUT2D eigenvalue weighted by Gasteiger charge is 2.55. The second-order valence-corrected chi connectivity index (χ2v) is 11.3. The van der Waals surface area contributed by atoms with Gasteiger partial charge in [0.2, 0.25) is 24.3 Å². The molecule has 2 aliphatic rings. The Labute approximate surface area is 256 Å². The van der Waals surface area contributed by atoms with Gasteiger partial charge in [0.05, 0.1) is 7.05 Å². The maximum Gasteiger partial charge on any atom is 0.352 e. The van der Waals surface area contributed by atoms with Crippen LogP contribution in [0.1, 0.15) is 12.2 Å². The van der Waals surface area contributed by atoms with Gasteiger partial charge in [-0.1, -0.05) is 5.16 Å². The van der Waals surface area contributed by atoms with Gasteiger partial charge in [-0.15, -0.1) is 21.1 Å². The molecule has 44 heavy (non-hydrogen) atoms. The van der Waals surface area contributed by atoms with Crippen LogP contribution < -0.4 is 37.8 Å². The molecule has 4 rings (SSSR count). The van der Waals surface area contributed by atoms with Gasteiger partial charge in [-0.25, -0.2) is 9.59 Å². The normalized spacial score (nSPS) is 18.0. The van der Waals surface area contributed by atoms with Crippen LogP contribution in [0.5, 0.6) is 0 Å². The van der Waals surface area contributed by atoms with E-state index in [1.54, 1.807) is 22.6 Å². The van der Waals surface area contributed by atoms with Crippen molar-refractivity contribution in [3.63, 3.8) is 0 Å². The molecule has 1 fully saturated rings. The fourth-order valence-electron chi connectivity index (χ4n) is 4.46. The van der Waals surface area contributed by atoms with Crippen molar-refractivity contribution in [2.75, 3.05) is 41.8 Å². The van der Waals surface area contributed by atoms with Crippen molar-refractivity contribution in [1.29, 1.82) is 5.41 Å². The number of oxime groups is 1. The number of thioether (sulfide) groups is 1. The first-order chi connectivity index (χ1) is 20.8. The van der Waals surface area contributed by atoms with E-state index in [9.17, 15) is 24.3 Å². The van der Waals surface area contributed by atoms with Crippen molar-refractivity contribution in [2.24, 2.45) is 23.7 Å². The van der Waals surface area contributed by atoms with E-state index in [1.165, 1.54) is 16.7 Å². The third-order valence-corrected chi connectivity index (χ3v) is 8.42. The molecule has 2 aromatic rings. The van der Waals surface area contributed by atoms with E-state index < -0.39 is 47.5 Å². The number of carboxylic acid groups (broad SMARTS) is 2. The van der Waals surface area contributed by atoms with E-state index >= 15 is 0 Å². The summed E-state index contributed by atoms with van der Waals surface area (Å²) in [6.07, 6.45) is 2.18. The maximum absolute atomic E-state index is 13.2. The maximum atomic E-state index is 13.2. The zero-order chi connectivity index (χ0) is 32.3. The Bertz CT molecular complexity index is 1570. The molecule has 236 valence electrons. The molecule has 0 saturated carbocycles. The number of nitrogens with zero attached hydrogens (tertiary/aromatic N) is 7. The summed E-state index contributed by atoms with van der Waals surface area (Å²) in [7, 11) is 1.66. The van der Waals surface area contributed by atoms with Crippen molar-refractivity contribution < 1.29 is 38.9 Å². The fraction of sp³-hybridized carbons (Fsp3) is 0.409. The van der Waals surface area contributed by atoms with Crippen LogP contribution in [0.15, 0.2) is 22.6 Å². The van der Waals surface area contributed by atoms with Crippen LogP contribution in [0.25, 0.3) is 0 Å². The zero-order valence-electron chi connectivity index (χ0n) is 23.2. The molecule has 0 radical (unpaired) electrons. The Morgan fingerprint density at radius 3 is 2.66 bits per heavy atom. The Morgan fingerprint density at radius 2 is 2.07 bits per heavy atom. The predicted octanol–water partition coefficient (Wildman–Crippen LogP) is -3.38. The number of fused-ring (bicyclic) bond motifs is 1. The number of hydrogen-bond donors (Lipinski definition) is 8. The van der Waals surface area contributed by atoms with Gasteiger partial charge in [0.15, 0.2) is 29.1 Å². The van der Waals surface area contributed by atoms with Gasteiger partial charge in [0, 0.05) is 29.4 Å². The molecule has 0 aliphatic carbocycles. The molecule has 2 aliphatic heterocycles. The first kappa shape index (κ1) is 32.0. The smallest absolute Gasteiger partial charge is 0.352 e. The van der Waals surface area contributed by atoms with Crippen molar-refractivity contribution >= 4 is 75.4 Å². The molecule has 2 atom stereocenters. The number of carboxylic acids is 2. The summed E-state index contributed by atoms with van der Waals surface area (Å²) >= 11 is 1.99. The number of β-lactam (4-membered cyclic amide) rings is 1. The van der Waals surface area contributed by atoms with Crippen LogP contribution in [-0.4, -0.2) is 101 Å². The molecular weight excluding hydrogens is 622 g/mol. The summed E-state index contributed by atoms with van der Waals surface area (Å²) in [5, 5.41) is 32.1. The zero-order valence-corrected chi connectivity index (χ0v) is 24.8. The number of guanidine groups is 1. The lowest BCUT2D eigenvalue weighted by Crippen LogP contribution is -2.71. The highest BCUT2D eigenvalue weighted by atomic mass is 32.2. The average molecular weight is 653 g/mol. The third kappa shape index (κ3) is 6.35. The molecule has 0 spiro atoms. The van der Waals surface area contributed by atoms with E-state index in [2.05, 4.69) is 24.7 Å². The molecule has 0 bridgehead atoms. The van der Waals surface area contributed by atoms with Crippen molar-refractivity contribution in [1.82, 2.24) is 24.3 Å². The minimum Gasteiger partial charge on any atom is -0.479 e. The van der Waals surface area contributed by atoms with Crippen LogP contribution in [0.3, 0.4) is 0 Å². The second-order valence-electron chi connectivity index (χ2n) is 9.38. The molecule has 0 unspecified atom stereocenters. The number of aliphatic carboxylic acids is 2. The standard InChI is InChI=1S/C22H29N13O7S2/c1-32-15(24)10(34(21(25)26)4-2-3-23)6-33(32)5-9-8-43-19-13(18(39)35(19)14(9)20(40)41)28-17(38)12(30-42-7-11(36)37)16-29-22(27)44-31-16/h6,13,19,24H,2-5,7-8,23H2,1H3,(H8,25,26,27,28,29,31,36,37,38,40,41)/p+1/t13-,19-/m1/s1. The number of rotatable bonds is 13. The Balaban J connectivity index is 1.56. The number of nitrogens with one attached hydrogen (secondary N) is 2.